The molecule has 0 bridgehead atoms. The molecule has 2 aromatic carbocycles. The Labute approximate surface area is 190 Å². The van der Waals surface area contributed by atoms with Crippen LogP contribution in [0.15, 0.2) is 47.6 Å². The van der Waals surface area contributed by atoms with Crippen molar-refractivity contribution in [1.82, 2.24) is 4.98 Å². The van der Waals surface area contributed by atoms with Gasteiger partial charge in [0.1, 0.15) is 5.78 Å². The van der Waals surface area contributed by atoms with Gasteiger partial charge in [-0.15, -0.1) is 0 Å². The Kier molecular flexibility index (Phi) is 6.73. The average Bonchev–Trinajstić information content (AvgIpc) is 3.13. The van der Waals surface area contributed by atoms with Gasteiger partial charge in [-0.05, 0) is 68.1 Å². The highest BCUT2D eigenvalue weighted by atomic mass is 35.5. The van der Waals surface area contributed by atoms with Crippen molar-refractivity contribution in [3.05, 3.63) is 63.8 Å². The lowest BCUT2D eigenvalue weighted by Crippen LogP contribution is -2.15. The number of halogens is 2. The van der Waals surface area contributed by atoms with E-state index < -0.39 is 0 Å². The maximum atomic E-state index is 11.8. The van der Waals surface area contributed by atoms with Crippen molar-refractivity contribution in [3.8, 4) is 0 Å². The second kappa shape index (κ2) is 9.67. The van der Waals surface area contributed by atoms with Crippen LogP contribution in [0.5, 0.6) is 0 Å². The molecule has 5 nitrogen and oxygen atoms in total. The fourth-order valence-electron chi connectivity index (χ4n) is 3.93. The zero-order valence-electron chi connectivity index (χ0n) is 17.0. The SMILES string of the molecule is O=C1CCC/C(=N/Nc2ccc(Cl)cc2)C1.O=C1CCCc2[nH]c3ccc(Cl)cc3c21. The summed E-state index contributed by atoms with van der Waals surface area (Å²) in [7, 11) is 0. The van der Waals surface area contributed by atoms with Gasteiger partial charge in [0.05, 0.1) is 5.69 Å². The number of anilines is 1. The van der Waals surface area contributed by atoms with Gasteiger partial charge in [0, 0.05) is 57.2 Å². The van der Waals surface area contributed by atoms with Gasteiger partial charge in [0.25, 0.3) is 0 Å². The maximum absolute atomic E-state index is 11.8. The van der Waals surface area contributed by atoms with E-state index in [9.17, 15) is 9.59 Å². The molecule has 1 heterocycles. The number of nitrogens with one attached hydrogen (secondary N) is 2. The van der Waals surface area contributed by atoms with Crippen LogP contribution < -0.4 is 5.43 Å². The minimum atomic E-state index is 0.241. The van der Waals surface area contributed by atoms with Gasteiger partial charge in [-0.1, -0.05) is 23.2 Å². The first-order valence-corrected chi connectivity index (χ1v) is 11.2. The predicted molar refractivity (Wildman–Crippen MR) is 127 cm³/mol. The highest BCUT2D eigenvalue weighted by Crippen LogP contribution is 2.30. The fraction of sp³-hybridized carbons (Fsp3) is 0.292. The minimum Gasteiger partial charge on any atom is -0.358 e. The van der Waals surface area contributed by atoms with Crippen molar-refractivity contribution >= 4 is 57.1 Å². The first-order valence-electron chi connectivity index (χ1n) is 10.4. The third-order valence-electron chi connectivity index (χ3n) is 5.46. The molecule has 2 aliphatic carbocycles. The Balaban J connectivity index is 0.000000149. The van der Waals surface area contributed by atoms with Crippen molar-refractivity contribution in [3.63, 3.8) is 0 Å². The van der Waals surface area contributed by atoms with Crippen LogP contribution >= 0.6 is 23.2 Å². The lowest BCUT2D eigenvalue weighted by atomic mass is 9.94. The highest BCUT2D eigenvalue weighted by Gasteiger charge is 2.22. The number of Topliss-reactive ketones (excluding diaryl/α,β-unsaturated/α-hetero) is 2. The molecule has 1 aromatic heterocycles. The van der Waals surface area contributed by atoms with Gasteiger partial charge < -0.3 is 4.98 Å². The minimum absolute atomic E-state index is 0.241. The van der Waals surface area contributed by atoms with E-state index in [-0.39, 0.29) is 11.6 Å². The fourth-order valence-corrected chi connectivity index (χ4v) is 4.23. The lowest BCUT2D eigenvalue weighted by Gasteiger charge is -2.11. The van der Waals surface area contributed by atoms with E-state index in [1.807, 2.05) is 30.3 Å². The van der Waals surface area contributed by atoms with Crippen LogP contribution in [0.4, 0.5) is 5.69 Å². The Morgan fingerprint density at radius 1 is 0.871 bits per heavy atom. The second-order valence-corrected chi connectivity index (χ2v) is 8.68. The number of carbonyl (C=O) groups excluding carboxylic acids is 2. The molecular weight excluding hydrogens is 433 g/mol. The van der Waals surface area contributed by atoms with Crippen molar-refractivity contribution in [1.29, 1.82) is 0 Å². The summed E-state index contributed by atoms with van der Waals surface area (Å²) in [6.45, 7) is 0. The summed E-state index contributed by atoms with van der Waals surface area (Å²) >= 11 is 11.7. The summed E-state index contributed by atoms with van der Waals surface area (Å²) in [6.07, 6.45) is 5.58. The molecular formula is C24H23Cl2N3O2. The molecule has 0 spiro atoms. The number of H-pyrrole nitrogens is 1. The Bertz CT molecular complexity index is 1150. The topological polar surface area (TPSA) is 74.3 Å². The summed E-state index contributed by atoms with van der Waals surface area (Å²) in [5, 5.41) is 6.59. The number of aryl methyl sites for hydroxylation is 1. The Morgan fingerprint density at radius 2 is 1.61 bits per heavy atom. The molecule has 3 aromatic rings. The smallest absolute Gasteiger partial charge is 0.165 e. The molecule has 31 heavy (non-hydrogen) atoms. The maximum Gasteiger partial charge on any atom is 0.165 e. The van der Waals surface area contributed by atoms with E-state index >= 15 is 0 Å². The van der Waals surface area contributed by atoms with Crippen LogP contribution in [0, 0.1) is 0 Å². The molecule has 2 N–H and O–H groups in total. The molecule has 0 atom stereocenters. The number of nitrogens with zero attached hydrogens (tertiary/aromatic N) is 1. The number of hydrogen-bond acceptors (Lipinski definition) is 4. The predicted octanol–water partition coefficient (Wildman–Crippen LogP) is 6.59. The largest absolute Gasteiger partial charge is 0.358 e. The molecule has 1 fully saturated rings. The van der Waals surface area contributed by atoms with Crippen molar-refractivity contribution in [2.45, 2.75) is 44.9 Å². The van der Waals surface area contributed by atoms with Gasteiger partial charge in [-0.3, -0.25) is 15.0 Å². The van der Waals surface area contributed by atoms with Crippen LogP contribution in [0.3, 0.4) is 0 Å². The number of aromatic nitrogens is 1. The Hall–Kier alpha value is -2.63. The third-order valence-corrected chi connectivity index (χ3v) is 5.94. The summed E-state index contributed by atoms with van der Waals surface area (Å²) in [4.78, 5) is 26.3. The summed E-state index contributed by atoms with van der Waals surface area (Å²) in [5.74, 6) is 0.521. The molecule has 2 aliphatic rings. The second-order valence-electron chi connectivity index (χ2n) is 7.81. The molecule has 7 heteroatoms. The Morgan fingerprint density at radius 3 is 2.39 bits per heavy atom. The molecule has 5 rings (SSSR count). The first-order chi connectivity index (χ1) is 15.0. The van der Waals surface area contributed by atoms with Crippen LogP contribution in [0.25, 0.3) is 10.9 Å². The van der Waals surface area contributed by atoms with Crippen LogP contribution in [0.2, 0.25) is 10.0 Å². The zero-order valence-corrected chi connectivity index (χ0v) is 18.5. The number of hydrogen-bond donors (Lipinski definition) is 2. The van der Waals surface area contributed by atoms with E-state index in [1.165, 1.54) is 0 Å². The van der Waals surface area contributed by atoms with Gasteiger partial charge in [0.15, 0.2) is 5.78 Å². The number of benzene rings is 2. The summed E-state index contributed by atoms with van der Waals surface area (Å²) < 4.78 is 0. The van der Waals surface area contributed by atoms with Gasteiger partial charge >= 0.3 is 0 Å². The number of hydrazone groups is 1. The number of carbonyl (C=O) groups is 2. The normalized spacial score (nSPS) is 17.3. The molecule has 0 radical (unpaired) electrons. The lowest BCUT2D eigenvalue weighted by molar-refractivity contribution is -0.118. The summed E-state index contributed by atoms with van der Waals surface area (Å²) in [6, 6.07) is 13.0. The molecule has 1 saturated carbocycles. The third kappa shape index (κ3) is 5.35. The molecule has 0 amide bonds. The summed E-state index contributed by atoms with van der Waals surface area (Å²) in [5.41, 5.74) is 7.71. The van der Waals surface area contributed by atoms with Crippen LogP contribution in [-0.4, -0.2) is 22.3 Å². The number of ketones is 2. The number of rotatable bonds is 2. The molecule has 160 valence electrons. The van der Waals surface area contributed by atoms with Gasteiger partial charge in [-0.25, -0.2) is 0 Å². The van der Waals surface area contributed by atoms with Gasteiger partial charge in [0.2, 0.25) is 0 Å². The van der Waals surface area contributed by atoms with Crippen molar-refractivity contribution in [2.24, 2.45) is 5.10 Å². The number of fused-ring (bicyclic) bond motifs is 3. The monoisotopic (exact) mass is 455 g/mol. The standard InChI is InChI=1S/C12H13ClN2O.C12H10ClNO/c13-9-4-6-10(7-5-9)14-15-11-2-1-3-12(16)8-11;13-7-4-5-9-8(6-7)12-10(14-9)2-1-3-11(12)15/h4-7,14H,1-3,8H2;4-6,14H,1-3H2/b15-11-;. The molecule has 0 unspecified atom stereocenters. The van der Waals surface area contributed by atoms with Crippen LogP contribution in [-0.2, 0) is 11.2 Å². The number of aromatic amines is 1. The van der Waals surface area contributed by atoms with Crippen molar-refractivity contribution in [2.75, 3.05) is 5.43 Å². The molecule has 0 saturated heterocycles. The van der Waals surface area contributed by atoms with E-state index in [0.29, 0.717) is 29.3 Å². The van der Waals surface area contributed by atoms with E-state index in [2.05, 4.69) is 15.5 Å². The highest BCUT2D eigenvalue weighted by molar-refractivity contribution is 6.31. The quantitative estimate of drug-likeness (QED) is 0.427. The van der Waals surface area contributed by atoms with E-state index in [4.69, 9.17) is 23.2 Å². The van der Waals surface area contributed by atoms with Crippen molar-refractivity contribution < 1.29 is 9.59 Å². The first kappa shape index (κ1) is 21.6. The van der Waals surface area contributed by atoms with E-state index in [1.54, 1.807) is 12.1 Å². The van der Waals surface area contributed by atoms with Gasteiger partial charge in [-0.2, -0.15) is 5.10 Å². The average molecular weight is 456 g/mol. The molecule has 0 aliphatic heterocycles. The van der Waals surface area contributed by atoms with Crippen LogP contribution in [0.1, 0.15) is 54.6 Å². The van der Waals surface area contributed by atoms with E-state index in [0.717, 1.165) is 59.2 Å². The zero-order chi connectivity index (χ0) is 21.8.